The number of aromatic nitrogens is 2. The van der Waals surface area contributed by atoms with Crippen LogP contribution in [0.2, 0.25) is 0 Å². The highest BCUT2D eigenvalue weighted by Gasteiger charge is 2.24. The molecule has 0 saturated heterocycles. The van der Waals surface area contributed by atoms with Crippen molar-refractivity contribution in [2.45, 2.75) is 13.8 Å². The molecule has 0 aliphatic heterocycles. The summed E-state index contributed by atoms with van der Waals surface area (Å²) in [4.78, 5) is 22.0. The maximum absolute atomic E-state index is 12.1. The first kappa shape index (κ1) is 14.3. The number of aliphatic hydroxyl groups is 1. The van der Waals surface area contributed by atoms with Crippen LogP contribution in [0.1, 0.15) is 23.0 Å². The molecule has 0 amide bonds. The summed E-state index contributed by atoms with van der Waals surface area (Å²) >= 11 is 0. The Morgan fingerprint density at radius 3 is 2.90 bits per heavy atom. The third-order valence-electron chi connectivity index (χ3n) is 2.92. The van der Waals surface area contributed by atoms with E-state index in [0.717, 1.165) is 0 Å². The Labute approximate surface area is 116 Å². The van der Waals surface area contributed by atoms with Crippen LogP contribution in [-0.2, 0) is 4.74 Å². The fourth-order valence-corrected chi connectivity index (χ4v) is 2.02. The van der Waals surface area contributed by atoms with E-state index >= 15 is 0 Å². The number of furan rings is 1. The van der Waals surface area contributed by atoms with Crippen LogP contribution in [0.4, 0.5) is 5.82 Å². The molecule has 7 nitrogen and oxygen atoms in total. The van der Waals surface area contributed by atoms with Gasteiger partial charge in [-0.1, -0.05) is 0 Å². The first-order chi connectivity index (χ1) is 9.60. The predicted molar refractivity (Wildman–Crippen MR) is 72.9 cm³/mol. The van der Waals surface area contributed by atoms with Crippen molar-refractivity contribution in [1.29, 1.82) is 0 Å². The molecule has 0 saturated carbocycles. The first-order valence-electron chi connectivity index (χ1n) is 6.33. The SMILES string of the molecule is CCOC(=O)c1c(C)oc2ncnc(N(C)CCO)c12. The molecule has 0 fully saturated rings. The first-order valence-corrected chi connectivity index (χ1v) is 6.33. The summed E-state index contributed by atoms with van der Waals surface area (Å²) in [5.41, 5.74) is 0.669. The fourth-order valence-electron chi connectivity index (χ4n) is 2.02. The minimum atomic E-state index is -0.461. The number of fused-ring (bicyclic) bond motifs is 1. The molecule has 2 rings (SSSR count). The number of aliphatic hydroxyl groups excluding tert-OH is 1. The molecule has 2 aromatic rings. The number of likely N-dealkylation sites (N-methyl/N-ethyl adjacent to an activating group) is 1. The monoisotopic (exact) mass is 279 g/mol. The molecule has 20 heavy (non-hydrogen) atoms. The number of hydrogen-bond acceptors (Lipinski definition) is 7. The Hall–Kier alpha value is -2.15. The highest BCUT2D eigenvalue weighted by atomic mass is 16.5. The third kappa shape index (κ3) is 2.44. The Morgan fingerprint density at radius 2 is 2.25 bits per heavy atom. The van der Waals surface area contributed by atoms with E-state index in [1.165, 1.54) is 6.33 Å². The lowest BCUT2D eigenvalue weighted by atomic mass is 10.2. The highest BCUT2D eigenvalue weighted by Crippen LogP contribution is 2.31. The summed E-state index contributed by atoms with van der Waals surface area (Å²) in [5.74, 6) is 0.513. The lowest BCUT2D eigenvalue weighted by Crippen LogP contribution is -2.23. The van der Waals surface area contributed by atoms with Crippen LogP contribution in [0.25, 0.3) is 11.1 Å². The minimum Gasteiger partial charge on any atom is -0.462 e. The van der Waals surface area contributed by atoms with E-state index in [0.29, 0.717) is 34.8 Å². The number of carbonyl (C=O) groups excluding carboxylic acids is 1. The molecule has 108 valence electrons. The maximum Gasteiger partial charge on any atom is 0.342 e. The molecule has 0 aliphatic carbocycles. The Bertz CT molecular complexity index is 623. The second-order valence-corrected chi connectivity index (χ2v) is 4.28. The van der Waals surface area contributed by atoms with Crippen LogP contribution in [0.5, 0.6) is 0 Å². The average molecular weight is 279 g/mol. The summed E-state index contributed by atoms with van der Waals surface area (Å²) in [5, 5.41) is 9.55. The number of esters is 1. The van der Waals surface area contributed by atoms with Crippen LogP contribution in [0, 0.1) is 6.92 Å². The minimum absolute atomic E-state index is 0.0203. The van der Waals surface area contributed by atoms with E-state index in [4.69, 9.17) is 14.3 Å². The van der Waals surface area contributed by atoms with Crippen molar-refractivity contribution in [3.63, 3.8) is 0 Å². The molecule has 0 aromatic carbocycles. The molecule has 1 N–H and O–H groups in total. The number of aryl methyl sites for hydroxylation is 1. The summed E-state index contributed by atoms with van der Waals surface area (Å²) < 4.78 is 10.5. The third-order valence-corrected chi connectivity index (χ3v) is 2.92. The quantitative estimate of drug-likeness (QED) is 0.821. The van der Waals surface area contributed by atoms with Crippen LogP contribution < -0.4 is 4.90 Å². The number of carbonyl (C=O) groups is 1. The van der Waals surface area contributed by atoms with E-state index in [1.54, 1.807) is 25.8 Å². The van der Waals surface area contributed by atoms with Gasteiger partial charge in [-0.15, -0.1) is 0 Å². The zero-order valence-electron chi connectivity index (χ0n) is 11.7. The zero-order chi connectivity index (χ0) is 14.7. The molecule has 0 bridgehead atoms. The van der Waals surface area contributed by atoms with Gasteiger partial charge in [-0.25, -0.2) is 14.8 Å². The molecule has 0 radical (unpaired) electrons. The smallest absolute Gasteiger partial charge is 0.342 e. The van der Waals surface area contributed by atoms with Gasteiger partial charge in [0.05, 0.1) is 18.6 Å². The van der Waals surface area contributed by atoms with Crippen molar-refractivity contribution in [2.24, 2.45) is 0 Å². The van der Waals surface area contributed by atoms with Crippen LogP contribution in [-0.4, -0.2) is 47.8 Å². The van der Waals surface area contributed by atoms with Crippen molar-refractivity contribution >= 4 is 22.9 Å². The van der Waals surface area contributed by atoms with Gasteiger partial charge >= 0.3 is 5.97 Å². The lowest BCUT2D eigenvalue weighted by Gasteiger charge is -2.17. The van der Waals surface area contributed by atoms with E-state index in [2.05, 4.69) is 9.97 Å². The van der Waals surface area contributed by atoms with Crippen molar-refractivity contribution in [2.75, 3.05) is 31.7 Å². The second kappa shape index (κ2) is 5.87. The van der Waals surface area contributed by atoms with Gasteiger partial charge < -0.3 is 19.2 Å². The molecule has 7 heteroatoms. The summed E-state index contributed by atoms with van der Waals surface area (Å²) in [6.45, 7) is 4.07. The lowest BCUT2D eigenvalue weighted by molar-refractivity contribution is 0.0526. The average Bonchev–Trinajstić information content (AvgIpc) is 2.74. The highest BCUT2D eigenvalue weighted by molar-refractivity contribution is 6.07. The number of ether oxygens (including phenoxy) is 1. The van der Waals surface area contributed by atoms with Gasteiger partial charge in [-0.05, 0) is 13.8 Å². The zero-order valence-corrected chi connectivity index (χ0v) is 11.7. The second-order valence-electron chi connectivity index (χ2n) is 4.28. The molecule has 0 atom stereocenters. The summed E-state index contributed by atoms with van der Waals surface area (Å²) in [6, 6.07) is 0. The summed E-state index contributed by atoms with van der Waals surface area (Å²) in [7, 11) is 1.77. The summed E-state index contributed by atoms with van der Waals surface area (Å²) in [6.07, 6.45) is 1.36. The molecular formula is C13H17N3O4. The molecular weight excluding hydrogens is 262 g/mol. The van der Waals surface area contributed by atoms with Crippen molar-refractivity contribution in [3.05, 3.63) is 17.7 Å². The maximum atomic E-state index is 12.1. The number of anilines is 1. The number of hydrogen-bond donors (Lipinski definition) is 1. The number of rotatable bonds is 5. The molecule has 2 heterocycles. The topological polar surface area (TPSA) is 88.7 Å². The van der Waals surface area contributed by atoms with Gasteiger partial charge in [0.2, 0.25) is 5.71 Å². The molecule has 0 aliphatic rings. The van der Waals surface area contributed by atoms with Crippen molar-refractivity contribution in [3.8, 4) is 0 Å². The van der Waals surface area contributed by atoms with Gasteiger partial charge in [0.15, 0.2) is 0 Å². The normalized spacial score (nSPS) is 10.8. The van der Waals surface area contributed by atoms with Crippen molar-refractivity contribution < 1.29 is 19.1 Å². The van der Waals surface area contributed by atoms with Gasteiger partial charge in [0.1, 0.15) is 23.5 Å². The molecule has 0 spiro atoms. The predicted octanol–water partition coefficient (Wildman–Crippen LogP) is 1.14. The van der Waals surface area contributed by atoms with Crippen LogP contribution >= 0.6 is 0 Å². The number of nitrogens with zero attached hydrogens (tertiary/aromatic N) is 3. The molecule has 2 aromatic heterocycles. The standard InChI is InChI=1S/C13H17N3O4/c1-4-19-13(18)9-8(2)20-12-10(9)11(14-7-15-12)16(3)5-6-17/h7,17H,4-6H2,1-3H3. The van der Waals surface area contributed by atoms with E-state index in [1.807, 2.05) is 0 Å². The van der Waals surface area contributed by atoms with Crippen LogP contribution in [0.3, 0.4) is 0 Å². The Morgan fingerprint density at radius 1 is 1.50 bits per heavy atom. The van der Waals surface area contributed by atoms with Gasteiger partial charge in [-0.2, -0.15) is 0 Å². The fraction of sp³-hybridized carbons (Fsp3) is 0.462. The van der Waals surface area contributed by atoms with Gasteiger partial charge in [0, 0.05) is 13.6 Å². The Kier molecular flexibility index (Phi) is 4.19. The largest absolute Gasteiger partial charge is 0.462 e. The van der Waals surface area contributed by atoms with E-state index < -0.39 is 5.97 Å². The van der Waals surface area contributed by atoms with E-state index in [-0.39, 0.29) is 13.2 Å². The Balaban J connectivity index is 2.62. The van der Waals surface area contributed by atoms with Gasteiger partial charge in [-0.3, -0.25) is 0 Å². The molecule has 0 unspecified atom stereocenters. The van der Waals surface area contributed by atoms with Crippen LogP contribution in [0.15, 0.2) is 10.7 Å². The van der Waals surface area contributed by atoms with Gasteiger partial charge in [0.25, 0.3) is 0 Å². The van der Waals surface area contributed by atoms with E-state index in [9.17, 15) is 4.79 Å². The van der Waals surface area contributed by atoms with Crippen molar-refractivity contribution in [1.82, 2.24) is 9.97 Å².